The van der Waals surface area contributed by atoms with E-state index in [-0.39, 0.29) is 11.2 Å². The maximum absolute atomic E-state index is 13.8. The van der Waals surface area contributed by atoms with Crippen molar-refractivity contribution in [3.05, 3.63) is 40.7 Å². The molecule has 102 valence electrons. The van der Waals surface area contributed by atoms with Gasteiger partial charge >= 0.3 is 0 Å². The Morgan fingerprint density at radius 1 is 1.26 bits per heavy atom. The lowest BCUT2D eigenvalue weighted by molar-refractivity contribution is 0.563. The van der Waals surface area contributed by atoms with Crippen LogP contribution in [0.4, 0.5) is 4.39 Å². The molecule has 0 aliphatic heterocycles. The minimum atomic E-state index is -0.215. The van der Waals surface area contributed by atoms with Crippen molar-refractivity contribution in [2.45, 2.75) is 32.7 Å². The number of halogens is 1. The molecule has 1 N–H and O–H groups in total. The average Bonchev–Trinajstić information content (AvgIpc) is 2.74. The van der Waals surface area contributed by atoms with Gasteiger partial charge in [-0.05, 0) is 19.2 Å². The van der Waals surface area contributed by atoms with Gasteiger partial charge in [0.15, 0.2) is 0 Å². The number of benzene rings is 1. The molecular weight excluding hydrogens is 259 g/mol. The summed E-state index contributed by atoms with van der Waals surface area (Å²) in [5.41, 5.74) is 1.59. The highest BCUT2D eigenvalue weighted by molar-refractivity contribution is 7.15. The standard InChI is InChI=1S/C15H19FN2S/c1-15(2,3)13-12(9-17-4)19-14(18-13)10-7-5-6-8-11(10)16/h5-8,17H,9H2,1-4H3. The predicted molar refractivity (Wildman–Crippen MR) is 79.0 cm³/mol. The molecule has 0 atom stereocenters. The summed E-state index contributed by atoms with van der Waals surface area (Å²) in [7, 11) is 1.91. The van der Waals surface area contributed by atoms with Crippen LogP contribution < -0.4 is 5.32 Å². The quantitative estimate of drug-likeness (QED) is 0.919. The van der Waals surface area contributed by atoms with Crippen LogP contribution in [0.25, 0.3) is 10.6 Å². The minimum Gasteiger partial charge on any atom is -0.315 e. The second-order valence-corrected chi connectivity index (χ2v) is 6.63. The second-order valence-electron chi connectivity index (χ2n) is 5.55. The third kappa shape index (κ3) is 3.01. The van der Waals surface area contributed by atoms with E-state index in [1.807, 2.05) is 13.1 Å². The van der Waals surface area contributed by atoms with Crippen molar-refractivity contribution in [2.75, 3.05) is 7.05 Å². The SMILES string of the molecule is CNCc1sc(-c2ccccc2F)nc1C(C)(C)C. The highest BCUT2D eigenvalue weighted by Gasteiger charge is 2.23. The van der Waals surface area contributed by atoms with Crippen LogP contribution in [-0.4, -0.2) is 12.0 Å². The van der Waals surface area contributed by atoms with Gasteiger partial charge in [0.2, 0.25) is 0 Å². The van der Waals surface area contributed by atoms with Crippen LogP contribution in [0.15, 0.2) is 24.3 Å². The van der Waals surface area contributed by atoms with Gasteiger partial charge in [-0.25, -0.2) is 9.37 Å². The first-order valence-electron chi connectivity index (χ1n) is 6.33. The molecule has 2 nitrogen and oxygen atoms in total. The summed E-state index contributed by atoms with van der Waals surface area (Å²) in [6.45, 7) is 7.16. The van der Waals surface area contributed by atoms with Crippen LogP contribution in [0.2, 0.25) is 0 Å². The summed E-state index contributed by atoms with van der Waals surface area (Å²) < 4.78 is 13.8. The highest BCUT2D eigenvalue weighted by Crippen LogP contribution is 2.35. The lowest BCUT2D eigenvalue weighted by Crippen LogP contribution is -2.16. The smallest absolute Gasteiger partial charge is 0.133 e. The Balaban J connectivity index is 2.52. The Hall–Kier alpha value is -1.26. The molecule has 1 aromatic heterocycles. The zero-order valence-corrected chi connectivity index (χ0v) is 12.6. The van der Waals surface area contributed by atoms with Crippen molar-refractivity contribution >= 4 is 11.3 Å². The van der Waals surface area contributed by atoms with Gasteiger partial charge in [-0.2, -0.15) is 0 Å². The molecule has 0 amide bonds. The van der Waals surface area contributed by atoms with E-state index in [0.29, 0.717) is 5.56 Å². The summed E-state index contributed by atoms with van der Waals surface area (Å²) in [5.74, 6) is -0.215. The largest absolute Gasteiger partial charge is 0.315 e. The fraction of sp³-hybridized carbons (Fsp3) is 0.400. The average molecular weight is 278 g/mol. The zero-order valence-electron chi connectivity index (χ0n) is 11.7. The Kier molecular flexibility index (Phi) is 4.02. The maximum Gasteiger partial charge on any atom is 0.133 e. The third-order valence-electron chi connectivity index (χ3n) is 2.85. The van der Waals surface area contributed by atoms with E-state index < -0.39 is 0 Å². The van der Waals surface area contributed by atoms with Crippen molar-refractivity contribution < 1.29 is 4.39 Å². The Morgan fingerprint density at radius 2 is 1.95 bits per heavy atom. The molecular formula is C15H19FN2S. The van der Waals surface area contributed by atoms with Gasteiger partial charge in [-0.15, -0.1) is 11.3 Å². The number of hydrogen-bond donors (Lipinski definition) is 1. The van der Waals surface area contributed by atoms with E-state index in [2.05, 4.69) is 31.1 Å². The van der Waals surface area contributed by atoms with E-state index in [1.54, 1.807) is 23.5 Å². The fourth-order valence-corrected chi connectivity index (χ4v) is 3.28. The molecule has 0 aliphatic carbocycles. The molecule has 0 fully saturated rings. The lowest BCUT2D eigenvalue weighted by atomic mass is 9.91. The summed E-state index contributed by atoms with van der Waals surface area (Å²) in [5, 5.41) is 3.91. The first-order valence-corrected chi connectivity index (χ1v) is 7.15. The Bertz CT molecular complexity index is 570. The first-order chi connectivity index (χ1) is 8.93. The van der Waals surface area contributed by atoms with E-state index in [4.69, 9.17) is 0 Å². The topological polar surface area (TPSA) is 24.9 Å². The number of thiazole rings is 1. The van der Waals surface area contributed by atoms with Crippen LogP contribution in [0.5, 0.6) is 0 Å². The van der Waals surface area contributed by atoms with Crippen LogP contribution in [-0.2, 0) is 12.0 Å². The molecule has 0 aliphatic rings. The van der Waals surface area contributed by atoms with E-state index in [1.165, 1.54) is 10.9 Å². The molecule has 1 aromatic carbocycles. The minimum absolute atomic E-state index is 0.0355. The summed E-state index contributed by atoms with van der Waals surface area (Å²) >= 11 is 1.56. The van der Waals surface area contributed by atoms with E-state index in [9.17, 15) is 4.39 Å². The monoisotopic (exact) mass is 278 g/mol. The van der Waals surface area contributed by atoms with E-state index in [0.717, 1.165) is 17.2 Å². The van der Waals surface area contributed by atoms with Crippen molar-refractivity contribution in [1.82, 2.24) is 10.3 Å². The van der Waals surface area contributed by atoms with Crippen molar-refractivity contribution in [3.63, 3.8) is 0 Å². The van der Waals surface area contributed by atoms with Crippen molar-refractivity contribution in [1.29, 1.82) is 0 Å². The molecule has 0 bridgehead atoms. The third-order valence-corrected chi connectivity index (χ3v) is 3.94. The molecule has 0 saturated carbocycles. The first kappa shape index (κ1) is 14.2. The summed E-state index contributed by atoms with van der Waals surface area (Å²) in [4.78, 5) is 5.84. The van der Waals surface area contributed by atoms with Gasteiger partial charge < -0.3 is 5.32 Å². The normalized spacial score (nSPS) is 11.8. The van der Waals surface area contributed by atoms with Gasteiger partial charge in [0.25, 0.3) is 0 Å². The van der Waals surface area contributed by atoms with Crippen LogP contribution in [0.3, 0.4) is 0 Å². The summed E-state index contributed by atoms with van der Waals surface area (Å²) in [6.07, 6.45) is 0. The van der Waals surface area contributed by atoms with Gasteiger partial charge in [0.05, 0.1) is 5.69 Å². The number of aromatic nitrogens is 1. The number of hydrogen-bond acceptors (Lipinski definition) is 3. The van der Waals surface area contributed by atoms with E-state index >= 15 is 0 Å². The summed E-state index contributed by atoms with van der Waals surface area (Å²) in [6, 6.07) is 6.80. The second kappa shape index (κ2) is 5.39. The van der Waals surface area contributed by atoms with Crippen LogP contribution in [0, 0.1) is 5.82 Å². The van der Waals surface area contributed by atoms with Crippen LogP contribution >= 0.6 is 11.3 Å². The molecule has 0 unspecified atom stereocenters. The van der Waals surface area contributed by atoms with Crippen molar-refractivity contribution in [2.24, 2.45) is 0 Å². The predicted octanol–water partition coefficient (Wildman–Crippen LogP) is 3.97. The number of nitrogens with one attached hydrogen (secondary N) is 1. The molecule has 19 heavy (non-hydrogen) atoms. The fourth-order valence-electron chi connectivity index (χ4n) is 1.97. The van der Waals surface area contributed by atoms with Gasteiger partial charge in [0, 0.05) is 22.4 Å². The molecule has 1 heterocycles. The Morgan fingerprint density at radius 3 is 2.53 bits per heavy atom. The number of nitrogens with zero attached hydrogens (tertiary/aromatic N) is 1. The number of rotatable bonds is 3. The van der Waals surface area contributed by atoms with Gasteiger partial charge in [-0.3, -0.25) is 0 Å². The van der Waals surface area contributed by atoms with Crippen molar-refractivity contribution in [3.8, 4) is 10.6 Å². The highest BCUT2D eigenvalue weighted by atomic mass is 32.1. The molecule has 0 spiro atoms. The van der Waals surface area contributed by atoms with Gasteiger partial charge in [-0.1, -0.05) is 32.9 Å². The molecule has 2 rings (SSSR count). The molecule has 4 heteroatoms. The molecule has 0 saturated heterocycles. The maximum atomic E-state index is 13.8. The molecule has 0 radical (unpaired) electrons. The molecule has 2 aromatic rings. The van der Waals surface area contributed by atoms with Gasteiger partial charge in [0.1, 0.15) is 10.8 Å². The van der Waals surface area contributed by atoms with Crippen LogP contribution in [0.1, 0.15) is 31.3 Å². The zero-order chi connectivity index (χ0) is 14.0. The lowest BCUT2D eigenvalue weighted by Gasteiger charge is -2.17. The Labute approximate surface area is 117 Å².